The van der Waals surface area contributed by atoms with Crippen LogP contribution >= 0.6 is 11.6 Å². The summed E-state index contributed by atoms with van der Waals surface area (Å²) in [5.41, 5.74) is 1.39. The molecule has 2 heterocycles. The lowest BCUT2D eigenvalue weighted by atomic mass is 10.1. The van der Waals surface area contributed by atoms with E-state index in [9.17, 15) is 4.79 Å². The number of ether oxygens (including phenoxy) is 2. The van der Waals surface area contributed by atoms with Crippen LogP contribution < -0.4 is 14.8 Å². The van der Waals surface area contributed by atoms with Crippen LogP contribution in [0.25, 0.3) is 0 Å². The van der Waals surface area contributed by atoms with Crippen molar-refractivity contribution < 1.29 is 18.8 Å². The second-order valence-corrected chi connectivity index (χ2v) is 6.63. The van der Waals surface area contributed by atoms with Crippen molar-refractivity contribution in [3.8, 4) is 11.5 Å². The molecule has 8 heteroatoms. The van der Waals surface area contributed by atoms with Gasteiger partial charge in [-0.3, -0.25) is 9.69 Å². The number of carbonyl (C=O) groups excluding carboxylic acids is 1. The number of rotatable bonds is 6. The van der Waals surface area contributed by atoms with Gasteiger partial charge in [-0.25, -0.2) is 0 Å². The Balaban J connectivity index is 1.70. The molecule has 1 amide bonds. The fourth-order valence-electron chi connectivity index (χ4n) is 3.23. The third-order valence-electron chi connectivity index (χ3n) is 4.45. The number of carbonyl (C=O) groups is 1. The molecule has 1 aliphatic rings. The van der Waals surface area contributed by atoms with Crippen molar-refractivity contribution in [2.75, 3.05) is 32.6 Å². The average Bonchev–Trinajstić information content (AvgIpc) is 3.24. The predicted octanol–water partition coefficient (Wildman–Crippen LogP) is 3.43. The SMILES string of the molecule is COc1cc(NC(=O)CN2CCCC2c2cc(C)on2)c(OC)cc1Cl. The van der Waals surface area contributed by atoms with E-state index >= 15 is 0 Å². The maximum absolute atomic E-state index is 12.6. The summed E-state index contributed by atoms with van der Waals surface area (Å²) in [6, 6.07) is 5.29. The van der Waals surface area contributed by atoms with Crippen LogP contribution in [-0.4, -0.2) is 43.3 Å². The number of anilines is 1. The topological polar surface area (TPSA) is 76.8 Å². The van der Waals surface area contributed by atoms with Crippen LogP contribution in [0.1, 0.15) is 30.3 Å². The normalized spacial score (nSPS) is 17.3. The summed E-state index contributed by atoms with van der Waals surface area (Å²) in [6.07, 6.45) is 1.97. The molecule has 7 nitrogen and oxygen atoms in total. The number of hydrogen-bond donors (Lipinski definition) is 1. The summed E-state index contributed by atoms with van der Waals surface area (Å²) in [5, 5.41) is 7.40. The van der Waals surface area contributed by atoms with E-state index < -0.39 is 0 Å². The molecule has 0 saturated carbocycles. The lowest BCUT2D eigenvalue weighted by Crippen LogP contribution is -2.33. The first-order valence-corrected chi connectivity index (χ1v) is 8.78. The summed E-state index contributed by atoms with van der Waals surface area (Å²) in [4.78, 5) is 14.7. The largest absolute Gasteiger partial charge is 0.495 e. The zero-order chi connectivity index (χ0) is 18.7. The van der Waals surface area contributed by atoms with E-state index in [1.807, 2.05) is 13.0 Å². The summed E-state index contributed by atoms with van der Waals surface area (Å²) < 4.78 is 15.7. The first kappa shape index (κ1) is 18.5. The van der Waals surface area contributed by atoms with Crippen LogP contribution in [0.3, 0.4) is 0 Å². The van der Waals surface area contributed by atoms with Crippen molar-refractivity contribution in [2.24, 2.45) is 0 Å². The second-order valence-electron chi connectivity index (χ2n) is 6.23. The molecule has 1 unspecified atom stereocenters. The highest BCUT2D eigenvalue weighted by Gasteiger charge is 2.30. The van der Waals surface area contributed by atoms with Crippen molar-refractivity contribution in [3.05, 3.63) is 34.7 Å². The highest BCUT2D eigenvalue weighted by molar-refractivity contribution is 6.32. The third-order valence-corrected chi connectivity index (χ3v) is 4.74. The lowest BCUT2D eigenvalue weighted by molar-refractivity contribution is -0.117. The van der Waals surface area contributed by atoms with Crippen molar-refractivity contribution in [3.63, 3.8) is 0 Å². The molecule has 1 fully saturated rings. The van der Waals surface area contributed by atoms with E-state index in [0.717, 1.165) is 30.8 Å². The van der Waals surface area contributed by atoms with Crippen LogP contribution in [-0.2, 0) is 4.79 Å². The van der Waals surface area contributed by atoms with Crippen molar-refractivity contribution in [1.82, 2.24) is 10.1 Å². The molecule has 26 heavy (non-hydrogen) atoms. The number of nitrogens with one attached hydrogen (secondary N) is 1. The maximum Gasteiger partial charge on any atom is 0.238 e. The number of hydrogen-bond acceptors (Lipinski definition) is 6. The van der Waals surface area contributed by atoms with Gasteiger partial charge in [0.15, 0.2) is 0 Å². The maximum atomic E-state index is 12.6. The monoisotopic (exact) mass is 379 g/mol. The Morgan fingerprint density at radius 1 is 1.35 bits per heavy atom. The molecule has 0 spiro atoms. The van der Waals surface area contributed by atoms with Gasteiger partial charge in [-0.05, 0) is 26.3 Å². The third kappa shape index (κ3) is 3.94. The fraction of sp³-hybridized carbons (Fsp3) is 0.444. The zero-order valence-electron chi connectivity index (χ0n) is 15.0. The van der Waals surface area contributed by atoms with Crippen LogP contribution in [0.5, 0.6) is 11.5 Å². The first-order valence-electron chi connectivity index (χ1n) is 8.40. The first-order chi connectivity index (χ1) is 12.5. The van der Waals surface area contributed by atoms with Gasteiger partial charge in [-0.2, -0.15) is 0 Å². The molecule has 1 N–H and O–H groups in total. The molecule has 2 aromatic rings. The molecule has 1 aromatic carbocycles. The summed E-state index contributed by atoms with van der Waals surface area (Å²) in [6.45, 7) is 2.96. The molecule has 3 rings (SSSR count). The predicted molar refractivity (Wildman–Crippen MR) is 98.0 cm³/mol. The minimum atomic E-state index is -0.139. The molecule has 0 aliphatic carbocycles. The van der Waals surface area contributed by atoms with E-state index in [2.05, 4.69) is 15.4 Å². The van der Waals surface area contributed by atoms with E-state index in [1.54, 1.807) is 12.1 Å². The Hall–Kier alpha value is -2.25. The number of methoxy groups -OCH3 is 2. The second kappa shape index (κ2) is 7.97. The van der Waals surface area contributed by atoms with E-state index in [-0.39, 0.29) is 18.5 Å². The number of aryl methyl sites for hydroxylation is 1. The molecular weight excluding hydrogens is 358 g/mol. The Kier molecular flexibility index (Phi) is 5.68. The average molecular weight is 380 g/mol. The molecule has 0 radical (unpaired) electrons. The van der Waals surface area contributed by atoms with Crippen LogP contribution in [0.4, 0.5) is 5.69 Å². The Labute approximate surface area is 157 Å². The van der Waals surface area contributed by atoms with Crippen LogP contribution in [0, 0.1) is 6.92 Å². The van der Waals surface area contributed by atoms with Gasteiger partial charge in [0, 0.05) is 18.2 Å². The number of aromatic nitrogens is 1. The molecular formula is C18H22ClN3O4. The van der Waals surface area contributed by atoms with Gasteiger partial charge in [0.1, 0.15) is 23.0 Å². The molecule has 1 atom stereocenters. The summed E-state index contributed by atoms with van der Waals surface area (Å²) in [5.74, 6) is 1.59. The van der Waals surface area contributed by atoms with Gasteiger partial charge in [-0.1, -0.05) is 16.8 Å². The minimum Gasteiger partial charge on any atom is -0.495 e. The molecule has 1 aliphatic heterocycles. The highest BCUT2D eigenvalue weighted by atomic mass is 35.5. The van der Waals surface area contributed by atoms with Gasteiger partial charge in [0.25, 0.3) is 0 Å². The Morgan fingerprint density at radius 3 is 2.77 bits per heavy atom. The van der Waals surface area contributed by atoms with E-state index in [4.69, 9.17) is 25.6 Å². The highest BCUT2D eigenvalue weighted by Crippen LogP contribution is 2.36. The Bertz CT molecular complexity index is 793. The lowest BCUT2D eigenvalue weighted by Gasteiger charge is -2.22. The molecule has 0 bridgehead atoms. The minimum absolute atomic E-state index is 0.0971. The van der Waals surface area contributed by atoms with Gasteiger partial charge >= 0.3 is 0 Å². The van der Waals surface area contributed by atoms with Crippen LogP contribution in [0.2, 0.25) is 5.02 Å². The standard InChI is InChI=1S/C18H22ClN3O4/c1-11-7-13(21-26-11)15-5-4-6-22(15)10-18(23)20-14-9-16(24-2)12(19)8-17(14)25-3/h7-9,15H,4-6,10H2,1-3H3,(H,20,23). The van der Waals surface area contributed by atoms with E-state index in [0.29, 0.717) is 22.2 Å². The van der Waals surface area contributed by atoms with Gasteiger partial charge in [0.05, 0.1) is 37.5 Å². The number of likely N-dealkylation sites (tertiary alicyclic amines) is 1. The van der Waals surface area contributed by atoms with Crippen molar-refractivity contribution in [2.45, 2.75) is 25.8 Å². The molecule has 140 valence electrons. The van der Waals surface area contributed by atoms with E-state index in [1.165, 1.54) is 14.2 Å². The molecule has 1 aromatic heterocycles. The number of benzene rings is 1. The number of amides is 1. The van der Waals surface area contributed by atoms with Gasteiger partial charge in [-0.15, -0.1) is 0 Å². The Morgan fingerprint density at radius 2 is 2.12 bits per heavy atom. The van der Waals surface area contributed by atoms with Crippen molar-refractivity contribution >= 4 is 23.2 Å². The number of nitrogens with zero attached hydrogens (tertiary/aromatic N) is 2. The van der Waals surface area contributed by atoms with Gasteiger partial charge in [0.2, 0.25) is 5.91 Å². The number of halogens is 1. The summed E-state index contributed by atoms with van der Waals surface area (Å²) >= 11 is 6.10. The smallest absolute Gasteiger partial charge is 0.238 e. The van der Waals surface area contributed by atoms with Crippen LogP contribution in [0.15, 0.2) is 22.7 Å². The summed E-state index contributed by atoms with van der Waals surface area (Å²) in [7, 11) is 3.05. The van der Waals surface area contributed by atoms with Crippen molar-refractivity contribution in [1.29, 1.82) is 0 Å². The zero-order valence-corrected chi connectivity index (χ0v) is 15.8. The fourth-order valence-corrected chi connectivity index (χ4v) is 3.46. The quantitative estimate of drug-likeness (QED) is 0.828. The molecule has 1 saturated heterocycles. The van der Waals surface area contributed by atoms with Gasteiger partial charge < -0.3 is 19.3 Å².